The van der Waals surface area contributed by atoms with E-state index in [-0.39, 0.29) is 5.97 Å². The predicted molar refractivity (Wildman–Crippen MR) is 66.5 cm³/mol. The van der Waals surface area contributed by atoms with Crippen molar-refractivity contribution >= 4 is 22.3 Å². The first-order valence-electron chi connectivity index (χ1n) is 5.77. The van der Waals surface area contributed by atoms with E-state index in [0.29, 0.717) is 6.61 Å². The van der Waals surface area contributed by atoms with Gasteiger partial charge in [0.05, 0.1) is 12.2 Å². The first-order chi connectivity index (χ1) is 7.77. The smallest absolute Gasteiger partial charge is 0.341 e. The third-order valence-electron chi connectivity index (χ3n) is 2.88. The summed E-state index contributed by atoms with van der Waals surface area (Å²) in [4.78, 5) is 13.3. The topological polar surface area (TPSA) is 38.3 Å². The highest BCUT2D eigenvalue weighted by Crippen LogP contribution is 2.38. The minimum Gasteiger partial charge on any atom is -0.462 e. The Hall–Kier alpha value is -1.03. The van der Waals surface area contributed by atoms with E-state index in [2.05, 4.69) is 5.32 Å². The molecule has 1 aromatic heterocycles. The number of hydrogen-bond donors (Lipinski definition) is 1. The molecular formula is C12H17NO2S. The number of fused-ring (bicyclic) bond motifs is 1. The number of thiophene rings is 1. The Kier molecular flexibility index (Phi) is 3.49. The van der Waals surface area contributed by atoms with Gasteiger partial charge >= 0.3 is 5.97 Å². The second-order valence-corrected chi connectivity index (χ2v) is 4.99. The highest BCUT2D eigenvalue weighted by Gasteiger charge is 2.25. The number of anilines is 1. The average molecular weight is 239 g/mol. The molecule has 0 atom stereocenters. The van der Waals surface area contributed by atoms with Crippen molar-refractivity contribution in [3.8, 4) is 0 Å². The number of rotatable bonds is 3. The van der Waals surface area contributed by atoms with Crippen molar-refractivity contribution in [1.29, 1.82) is 0 Å². The zero-order valence-electron chi connectivity index (χ0n) is 9.76. The first-order valence-corrected chi connectivity index (χ1v) is 6.59. The summed E-state index contributed by atoms with van der Waals surface area (Å²) in [5.41, 5.74) is 2.00. The highest BCUT2D eigenvalue weighted by molar-refractivity contribution is 7.16. The Bertz CT molecular complexity index is 398. The minimum absolute atomic E-state index is 0.175. The number of carbonyl (C=O) groups is 1. The maximum Gasteiger partial charge on any atom is 0.341 e. The lowest BCUT2D eigenvalue weighted by Gasteiger charge is -2.12. The van der Waals surface area contributed by atoms with Crippen LogP contribution in [0, 0.1) is 0 Å². The molecule has 1 aromatic rings. The SMILES string of the molecule is CCOC(=O)c1c(NC)sc2c1CCCC2. The van der Waals surface area contributed by atoms with Crippen molar-refractivity contribution in [2.75, 3.05) is 19.0 Å². The Morgan fingerprint density at radius 3 is 2.88 bits per heavy atom. The minimum atomic E-state index is -0.175. The van der Waals surface area contributed by atoms with Crippen LogP contribution in [-0.2, 0) is 17.6 Å². The van der Waals surface area contributed by atoms with Gasteiger partial charge in [-0.2, -0.15) is 0 Å². The van der Waals surface area contributed by atoms with Crippen LogP contribution in [0.3, 0.4) is 0 Å². The van der Waals surface area contributed by atoms with Crippen LogP contribution in [-0.4, -0.2) is 19.6 Å². The van der Waals surface area contributed by atoms with Crippen LogP contribution >= 0.6 is 11.3 Å². The Morgan fingerprint density at radius 1 is 1.44 bits per heavy atom. The second kappa shape index (κ2) is 4.87. The third kappa shape index (κ3) is 1.94. The number of carbonyl (C=O) groups excluding carboxylic acids is 1. The fourth-order valence-electron chi connectivity index (χ4n) is 2.16. The van der Waals surface area contributed by atoms with E-state index in [1.807, 2.05) is 14.0 Å². The highest BCUT2D eigenvalue weighted by atomic mass is 32.1. The Balaban J connectivity index is 2.40. The zero-order valence-corrected chi connectivity index (χ0v) is 10.6. The normalized spacial score (nSPS) is 14.4. The molecular weight excluding hydrogens is 222 g/mol. The summed E-state index contributed by atoms with van der Waals surface area (Å²) in [5, 5.41) is 4.07. The van der Waals surface area contributed by atoms with Gasteiger partial charge in [0.1, 0.15) is 5.00 Å². The van der Waals surface area contributed by atoms with Crippen LogP contribution in [0.4, 0.5) is 5.00 Å². The van der Waals surface area contributed by atoms with Crippen molar-refractivity contribution in [3.05, 3.63) is 16.0 Å². The molecule has 0 bridgehead atoms. The molecule has 0 fully saturated rings. The van der Waals surface area contributed by atoms with Gasteiger partial charge in [0.2, 0.25) is 0 Å². The second-order valence-electron chi connectivity index (χ2n) is 3.89. The molecule has 0 spiro atoms. The lowest BCUT2D eigenvalue weighted by Crippen LogP contribution is -2.10. The van der Waals surface area contributed by atoms with Gasteiger partial charge in [-0.05, 0) is 38.2 Å². The fourth-order valence-corrected chi connectivity index (χ4v) is 3.39. The van der Waals surface area contributed by atoms with Gasteiger partial charge in [0.15, 0.2) is 0 Å². The Morgan fingerprint density at radius 2 is 2.19 bits per heavy atom. The van der Waals surface area contributed by atoms with Crippen LogP contribution < -0.4 is 5.32 Å². The molecule has 0 unspecified atom stereocenters. The molecule has 0 aromatic carbocycles. The number of aryl methyl sites for hydroxylation is 1. The van der Waals surface area contributed by atoms with E-state index >= 15 is 0 Å². The molecule has 0 amide bonds. The molecule has 0 saturated carbocycles. The number of ether oxygens (including phenoxy) is 1. The molecule has 0 saturated heterocycles. The standard InChI is InChI=1S/C12H17NO2S/c1-3-15-12(14)10-8-6-4-5-7-9(8)16-11(10)13-2/h13H,3-7H2,1-2H3. The maximum atomic E-state index is 11.9. The number of nitrogens with one attached hydrogen (secondary N) is 1. The molecule has 1 heterocycles. The monoisotopic (exact) mass is 239 g/mol. The molecule has 0 radical (unpaired) electrons. The molecule has 16 heavy (non-hydrogen) atoms. The molecule has 1 N–H and O–H groups in total. The summed E-state index contributed by atoms with van der Waals surface area (Å²) in [6.07, 6.45) is 4.54. The summed E-state index contributed by atoms with van der Waals surface area (Å²) in [7, 11) is 1.86. The van der Waals surface area contributed by atoms with E-state index in [4.69, 9.17) is 4.74 Å². The van der Waals surface area contributed by atoms with Crippen LogP contribution in [0.5, 0.6) is 0 Å². The van der Waals surface area contributed by atoms with Gasteiger partial charge in [0, 0.05) is 11.9 Å². The van der Waals surface area contributed by atoms with E-state index < -0.39 is 0 Å². The van der Waals surface area contributed by atoms with E-state index in [1.165, 1.54) is 23.3 Å². The van der Waals surface area contributed by atoms with Crippen molar-refractivity contribution in [1.82, 2.24) is 0 Å². The molecule has 1 aliphatic carbocycles. The summed E-state index contributed by atoms with van der Waals surface area (Å²) in [6, 6.07) is 0. The summed E-state index contributed by atoms with van der Waals surface area (Å²) in [5.74, 6) is -0.175. The van der Waals surface area contributed by atoms with Gasteiger partial charge in [-0.3, -0.25) is 0 Å². The lowest BCUT2D eigenvalue weighted by molar-refractivity contribution is 0.0526. The van der Waals surface area contributed by atoms with Gasteiger partial charge in [-0.25, -0.2) is 4.79 Å². The van der Waals surface area contributed by atoms with E-state index in [1.54, 1.807) is 11.3 Å². The van der Waals surface area contributed by atoms with Gasteiger partial charge in [-0.15, -0.1) is 11.3 Å². The van der Waals surface area contributed by atoms with Crippen LogP contribution in [0.1, 0.15) is 40.6 Å². The van der Waals surface area contributed by atoms with Gasteiger partial charge in [-0.1, -0.05) is 0 Å². The summed E-state index contributed by atoms with van der Waals surface area (Å²) < 4.78 is 5.12. The molecule has 4 heteroatoms. The predicted octanol–water partition coefficient (Wildman–Crippen LogP) is 2.85. The molecule has 1 aliphatic rings. The third-order valence-corrected chi connectivity index (χ3v) is 4.19. The van der Waals surface area contributed by atoms with Gasteiger partial charge < -0.3 is 10.1 Å². The van der Waals surface area contributed by atoms with Gasteiger partial charge in [0.25, 0.3) is 0 Å². The van der Waals surface area contributed by atoms with Crippen molar-refractivity contribution in [2.24, 2.45) is 0 Å². The largest absolute Gasteiger partial charge is 0.462 e. The van der Waals surface area contributed by atoms with Crippen LogP contribution in [0.15, 0.2) is 0 Å². The van der Waals surface area contributed by atoms with E-state index in [0.717, 1.165) is 23.4 Å². The van der Waals surface area contributed by atoms with E-state index in [9.17, 15) is 4.79 Å². The molecule has 0 aliphatic heterocycles. The maximum absolute atomic E-state index is 11.9. The fraction of sp³-hybridized carbons (Fsp3) is 0.583. The van der Waals surface area contributed by atoms with Crippen molar-refractivity contribution in [3.63, 3.8) is 0 Å². The molecule has 3 nitrogen and oxygen atoms in total. The Labute approximate surface area is 99.8 Å². The molecule has 2 rings (SSSR count). The number of esters is 1. The summed E-state index contributed by atoms with van der Waals surface area (Å²) in [6.45, 7) is 2.28. The average Bonchev–Trinajstić information content (AvgIpc) is 2.67. The van der Waals surface area contributed by atoms with Crippen LogP contribution in [0.25, 0.3) is 0 Å². The van der Waals surface area contributed by atoms with Crippen molar-refractivity contribution in [2.45, 2.75) is 32.6 Å². The first kappa shape index (κ1) is 11.5. The van der Waals surface area contributed by atoms with Crippen LogP contribution in [0.2, 0.25) is 0 Å². The molecule has 88 valence electrons. The lowest BCUT2D eigenvalue weighted by atomic mass is 9.95. The quantitative estimate of drug-likeness (QED) is 0.824. The zero-order chi connectivity index (χ0) is 11.5. The van der Waals surface area contributed by atoms with Crippen molar-refractivity contribution < 1.29 is 9.53 Å². The summed E-state index contributed by atoms with van der Waals surface area (Å²) >= 11 is 1.70. The number of hydrogen-bond acceptors (Lipinski definition) is 4.